The van der Waals surface area contributed by atoms with Crippen LogP contribution in [0.3, 0.4) is 0 Å². The van der Waals surface area contributed by atoms with Crippen molar-refractivity contribution in [3.63, 3.8) is 0 Å². The van der Waals surface area contributed by atoms with Crippen LogP contribution in [0.2, 0.25) is 0 Å². The van der Waals surface area contributed by atoms with Crippen LogP contribution in [0.15, 0.2) is 35.5 Å². The van der Waals surface area contributed by atoms with Crippen LogP contribution in [0, 0.1) is 11.3 Å². The summed E-state index contributed by atoms with van der Waals surface area (Å²) in [6, 6.07) is 7.34. The lowest BCUT2D eigenvalue weighted by atomic mass is 9.95. The number of rotatable bonds is 8. The van der Waals surface area contributed by atoms with Gasteiger partial charge in [-0.1, -0.05) is 31.4 Å². The van der Waals surface area contributed by atoms with E-state index in [1.807, 2.05) is 10.8 Å². The van der Waals surface area contributed by atoms with E-state index in [4.69, 9.17) is 0 Å². The Bertz CT molecular complexity index is 1370. The normalized spacial score (nSPS) is 17.2. The first-order chi connectivity index (χ1) is 17.0. The molecule has 0 radical (unpaired) electrons. The number of alkyl halides is 2. The number of halogens is 2. The van der Waals surface area contributed by atoms with Gasteiger partial charge in [-0.2, -0.15) is 5.26 Å². The van der Waals surface area contributed by atoms with E-state index < -0.39 is 29.4 Å². The van der Waals surface area contributed by atoms with E-state index in [9.17, 15) is 22.5 Å². The second-order valence-corrected chi connectivity index (χ2v) is 11.1. The summed E-state index contributed by atoms with van der Waals surface area (Å²) >= 11 is 0. The molecule has 0 unspecified atom stereocenters. The molecule has 2 fully saturated rings. The van der Waals surface area contributed by atoms with Crippen molar-refractivity contribution in [3.05, 3.63) is 41.7 Å². The Morgan fingerprint density at radius 1 is 1.09 bits per heavy atom. The molecule has 0 bridgehead atoms. The van der Waals surface area contributed by atoms with Crippen molar-refractivity contribution in [2.45, 2.75) is 67.8 Å². The highest BCUT2D eigenvalue weighted by molar-refractivity contribution is 7.89. The number of sulfonamides is 1. The Kier molecular flexibility index (Phi) is 6.55. The summed E-state index contributed by atoms with van der Waals surface area (Å²) in [6.07, 6.45) is 9.94. The van der Waals surface area contributed by atoms with Crippen molar-refractivity contribution in [1.82, 2.24) is 19.3 Å². The molecule has 184 valence electrons. The zero-order valence-corrected chi connectivity index (χ0v) is 20.1. The van der Waals surface area contributed by atoms with Gasteiger partial charge in [-0.05, 0) is 43.2 Å². The number of hydrogen-bond donors (Lipinski definition) is 1. The van der Waals surface area contributed by atoms with E-state index in [0.717, 1.165) is 49.0 Å². The first kappa shape index (κ1) is 23.8. The fraction of sp³-hybridized carbons (Fsp3) is 0.480. The molecule has 0 saturated heterocycles. The number of nitrogens with zero attached hydrogens (tertiary/aromatic N) is 4. The molecule has 2 aromatic heterocycles. The molecule has 1 N–H and O–H groups in total. The highest BCUT2D eigenvalue weighted by atomic mass is 32.2. The zero-order valence-electron chi connectivity index (χ0n) is 19.3. The van der Waals surface area contributed by atoms with Gasteiger partial charge in [0, 0.05) is 11.4 Å². The van der Waals surface area contributed by atoms with Crippen LogP contribution < -0.4 is 4.72 Å². The van der Waals surface area contributed by atoms with E-state index in [1.165, 1.54) is 24.8 Å². The lowest BCUT2D eigenvalue weighted by Gasteiger charge is -2.26. The number of nitriles is 1. The fourth-order valence-corrected chi connectivity index (χ4v) is 6.10. The largest absolute Gasteiger partial charge is 0.334 e. The number of benzene rings is 1. The predicted octanol–water partition coefficient (Wildman–Crippen LogP) is 4.94. The number of nitrogens with one attached hydrogen (secondary N) is 1. The maximum Gasteiger partial charge on any atom is 0.244 e. The van der Waals surface area contributed by atoms with Crippen molar-refractivity contribution >= 4 is 20.9 Å². The second-order valence-electron chi connectivity index (χ2n) is 9.42. The van der Waals surface area contributed by atoms with Gasteiger partial charge in [0.05, 0.1) is 29.5 Å². The van der Waals surface area contributed by atoms with Crippen LogP contribution in [0.4, 0.5) is 8.78 Å². The standard InChI is InChI=1S/C25H27F2N5O2S/c26-11-18(12-27)31-35(33,34)20-14-29-25(30-15-20)24-22(13-28)21-9-8-17(16-6-7-16)10-23(21)32(24)19-4-2-1-3-5-19/h8-10,14-16,18-19,31H,1-7,11-12H2. The smallest absolute Gasteiger partial charge is 0.244 e. The molecule has 10 heteroatoms. The summed E-state index contributed by atoms with van der Waals surface area (Å²) in [6.45, 7) is -2.32. The lowest BCUT2D eigenvalue weighted by molar-refractivity contribution is 0.334. The predicted molar refractivity (Wildman–Crippen MR) is 128 cm³/mol. The van der Waals surface area contributed by atoms with Crippen LogP contribution in [-0.2, 0) is 10.0 Å². The molecular formula is C25H27F2N5O2S. The van der Waals surface area contributed by atoms with E-state index in [0.29, 0.717) is 17.2 Å². The highest BCUT2D eigenvalue weighted by Gasteiger charge is 2.30. The molecule has 2 aliphatic carbocycles. The fourth-order valence-electron chi connectivity index (χ4n) is 5.02. The van der Waals surface area contributed by atoms with Crippen LogP contribution in [0.1, 0.15) is 68.0 Å². The van der Waals surface area contributed by atoms with Crippen molar-refractivity contribution in [2.75, 3.05) is 13.3 Å². The molecule has 7 nitrogen and oxygen atoms in total. The minimum atomic E-state index is -4.19. The van der Waals surface area contributed by atoms with Crippen molar-refractivity contribution in [3.8, 4) is 17.6 Å². The minimum absolute atomic E-state index is 0.196. The third-order valence-corrected chi connectivity index (χ3v) is 8.45. The van der Waals surface area contributed by atoms with Gasteiger partial charge in [0.2, 0.25) is 10.0 Å². The van der Waals surface area contributed by atoms with Gasteiger partial charge >= 0.3 is 0 Å². The molecule has 35 heavy (non-hydrogen) atoms. The number of aromatic nitrogens is 3. The lowest BCUT2D eigenvalue weighted by Crippen LogP contribution is -2.38. The van der Waals surface area contributed by atoms with E-state index >= 15 is 0 Å². The maximum atomic E-state index is 12.8. The van der Waals surface area contributed by atoms with Crippen molar-refractivity contribution < 1.29 is 17.2 Å². The maximum absolute atomic E-state index is 12.8. The van der Waals surface area contributed by atoms with Gasteiger partial charge in [0.1, 0.15) is 30.0 Å². The summed E-state index contributed by atoms with van der Waals surface area (Å²) in [5, 5.41) is 11.0. The molecule has 2 saturated carbocycles. The number of hydrogen-bond acceptors (Lipinski definition) is 5. The Balaban J connectivity index is 1.62. The Hall–Kier alpha value is -2.90. The van der Waals surface area contributed by atoms with Gasteiger partial charge in [-0.15, -0.1) is 0 Å². The van der Waals surface area contributed by atoms with Gasteiger partial charge in [0.25, 0.3) is 0 Å². The molecule has 0 atom stereocenters. The van der Waals surface area contributed by atoms with Crippen molar-refractivity contribution in [1.29, 1.82) is 5.26 Å². The highest BCUT2D eigenvalue weighted by Crippen LogP contribution is 2.44. The van der Waals surface area contributed by atoms with Gasteiger partial charge < -0.3 is 4.57 Å². The Morgan fingerprint density at radius 2 is 1.77 bits per heavy atom. The van der Waals surface area contributed by atoms with Gasteiger partial charge in [-0.3, -0.25) is 0 Å². The topological polar surface area (TPSA) is 101 Å². The summed E-state index contributed by atoms with van der Waals surface area (Å²) < 4.78 is 54.9. The van der Waals surface area contributed by atoms with Gasteiger partial charge in [0.15, 0.2) is 5.82 Å². The molecule has 5 rings (SSSR count). The first-order valence-corrected chi connectivity index (χ1v) is 13.5. The SMILES string of the molecule is N#Cc1c(-c2ncc(S(=O)(=O)NC(CF)CF)cn2)n(C2CCCCC2)c2cc(C3CC3)ccc12. The van der Waals surface area contributed by atoms with Gasteiger partial charge in [-0.25, -0.2) is 31.9 Å². The van der Waals surface area contributed by atoms with Crippen molar-refractivity contribution in [2.24, 2.45) is 0 Å². The van der Waals surface area contributed by atoms with E-state index in [-0.39, 0.29) is 16.8 Å². The van der Waals surface area contributed by atoms with Crippen LogP contribution in [-0.4, -0.2) is 42.3 Å². The summed E-state index contributed by atoms with van der Waals surface area (Å²) in [5.74, 6) is 0.816. The van der Waals surface area contributed by atoms with E-state index in [2.05, 4.69) is 32.7 Å². The number of fused-ring (bicyclic) bond motifs is 1. The Morgan fingerprint density at radius 3 is 2.37 bits per heavy atom. The zero-order chi connectivity index (χ0) is 24.6. The average Bonchev–Trinajstić information content (AvgIpc) is 3.69. The third-order valence-electron chi connectivity index (χ3n) is 6.97. The third kappa shape index (κ3) is 4.55. The molecule has 3 aromatic rings. The average molecular weight is 500 g/mol. The first-order valence-electron chi connectivity index (χ1n) is 12.0. The summed E-state index contributed by atoms with van der Waals surface area (Å²) in [4.78, 5) is 8.34. The molecule has 0 aliphatic heterocycles. The van der Waals surface area contributed by atoms with Crippen LogP contribution in [0.25, 0.3) is 22.4 Å². The summed E-state index contributed by atoms with van der Waals surface area (Å²) in [7, 11) is -4.19. The molecule has 1 aromatic carbocycles. The molecule has 0 amide bonds. The van der Waals surface area contributed by atoms with E-state index in [1.54, 1.807) is 0 Å². The van der Waals surface area contributed by atoms with Crippen LogP contribution >= 0.6 is 0 Å². The minimum Gasteiger partial charge on any atom is -0.334 e. The second kappa shape index (κ2) is 9.63. The monoisotopic (exact) mass is 499 g/mol. The molecule has 2 heterocycles. The Labute approximate surface area is 203 Å². The van der Waals surface area contributed by atoms with Crippen LogP contribution in [0.5, 0.6) is 0 Å². The molecule has 0 spiro atoms. The quantitative estimate of drug-likeness (QED) is 0.473. The molecular weight excluding hydrogens is 472 g/mol. The summed E-state index contributed by atoms with van der Waals surface area (Å²) in [5.41, 5.74) is 3.32. The molecule has 2 aliphatic rings.